The fourth-order valence-corrected chi connectivity index (χ4v) is 2.50. The lowest BCUT2D eigenvalue weighted by molar-refractivity contribution is -0.132. The van der Waals surface area contributed by atoms with Gasteiger partial charge in [-0.05, 0) is 18.6 Å². The average Bonchev–Trinajstić information content (AvgIpc) is 3.03. The highest BCUT2D eigenvalue weighted by molar-refractivity contribution is 5.80. The molecule has 1 saturated heterocycles. The lowest BCUT2D eigenvalue weighted by Crippen LogP contribution is -2.31. The maximum absolute atomic E-state index is 11.9. The number of para-hydroxylation sites is 2. The van der Waals surface area contributed by atoms with Crippen LogP contribution < -0.4 is 4.90 Å². The van der Waals surface area contributed by atoms with Crippen molar-refractivity contribution in [3.8, 4) is 0 Å². The Bertz CT molecular complexity index is 573. The van der Waals surface area contributed by atoms with Crippen LogP contribution in [0.5, 0.6) is 0 Å². The zero-order valence-electron chi connectivity index (χ0n) is 11.2. The van der Waals surface area contributed by atoms with E-state index in [1.165, 1.54) is 0 Å². The number of carbonyl (C=O) groups excluding carboxylic acids is 1. The van der Waals surface area contributed by atoms with Gasteiger partial charge in [-0.15, -0.1) is 0 Å². The summed E-state index contributed by atoms with van der Waals surface area (Å²) in [5, 5.41) is 0. The van der Waals surface area contributed by atoms with Gasteiger partial charge in [0.05, 0.1) is 5.92 Å². The second-order valence-corrected chi connectivity index (χ2v) is 5.13. The lowest BCUT2D eigenvalue weighted by atomic mass is 10.1. The summed E-state index contributed by atoms with van der Waals surface area (Å²) in [5.41, 5.74) is 1.65. The monoisotopic (exact) mass is 259 g/mol. The Morgan fingerprint density at radius 3 is 2.95 bits per heavy atom. The summed E-state index contributed by atoms with van der Waals surface area (Å²) in [6.07, 6.45) is 0.857. The molecular formula is C14H17N3O2. The van der Waals surface area contributed by atoms with E-state index in [0.717, 1.165) is 24.1 Å². The van der Waals surface area contributed by atoms with Crippen LogP contribution in [0.15, 0.2) is 28.7 Å². The Morgan fingerprint density at radius 1 is 1.42 bits per heavy atom. The first-order chi connectivity index (χ1) is 9.15. The summed E-state index contributed by atoms with van der Waals surface area (Å²) in [6, 6.07) is 8.33. The van der Waals surface area contributed by atoms with Crippen LogP contribution in [0.25, 0.3) is 11.1 Å². The first-order valence-electron chi connectivity index (χ1n) is 6.47. The Morgan fingerprint density at radius 2 is 2.21 bits per heavy atom. The van der Waals surface area contributed by atoms with E-state index in [0.29, 0.717) is 12.6 Å². The van der Waals surface area contributed by atoms with Gasteiger partial charge in [-0.3, -0.25) is 4.79 Å². The zero-order chi connectivity index (χ0) is 13.4. The molecule has 0 aliphatic carbocycles. The van der Waals surface area contributed by atoms with Crippen molar-refractivity contribution in [3.63, 3.8) is 0 Å². The van der Waals surface area contributed by atoms with E-state index >= 15 is 0 Å². The molecule has 2 heterocycles. The van der Waals surface area contributed by atoms with Gasteiger partial charge in [0.1, 0.15) is 5.52 Å². The molecule has 2 aromatic rings. The van der Waals surface area contributed by atoms with Crippen LogP contribution in [0.2, 0.25) is 0 Å². The summed E-state index contributed by atoms with van der Waals surface area (Å²) in [4.78, 5) is 20.1. The van der Waals surface area contributed by atoms with Crippen molar-refractivity contribution in [1.29, 1.82) is 0 Å². The van der Waals surface area contributed by atoms with Gasteiger partial charge < -0.3 is 14.2 Å². The molecule has 5 heteroatoms. The molecule has 1 aromatic heterocycles. The van der Waals surface area contributed by atoms with Crippen LogP contribution in [0.3, 0.4) is 0 Å². The molecule has 1 fully saturated rings. The van der Waals surface area contributed by atoms with E-state index in [2.05, 4.69) is 4.98 Å². The summed E-state index contributed by atoms with van der Waals surface area (Å²) >= 11 is 0. The highest BCUT2D eigenvalue weighted by atomic mass is 16.4. The molecule has 3 rings (SSSR count). The topological polar surface area (TPSA) is 49.6 Å². The van der Waals surface area contributed by atoms with Crippen molar-refractivity contribution in [2.45, 2.75) is 6.42 Å². The second kappa shape index (κ2) is 4.57. The summed E-state index contributed by atoms with van der Waals surface area (Å²) in [5.74, 6) is 0.226. The van der Waals surface area contributed by atoms with Crippen LogP contribution in [0.4, 0.5) is 6.01 Å². The third kappa shape index (κ3) is 2.16. The molecule has 1 unspecified atom stereocenters. The number of fused-ring (bicyclic) bond motifs is 1. The van der Waals surface area contributed by atoms with E-state index in [1.54, 1.807) is 19.0 Å². The van der Waals surface area contributed by atoms with Gasteiger partial charge in [0.2, 0.25) is 5.91 Å². The SMILES string of the molecule is CN(C)C(=O)C1CCN(c2nc3ccccc3o2)C1. The predicted molar refractivity (Wildman–Crippen MR) is 73.0 cm³/mol. The third-order valence-electron chi connectivity index (χ3n) is 3.53. The number of benzene rings is 1. The molecule has 19 heavy (non-hydrogen) atoms. The standard InChI is InChI=1S/C14H17N3O2/c1-16(2)13(18)10-7-8-17(9-10)14-15-11-5-3-4-6-12(11)19-14/h3-6,10H,7-9H2,1-2H3. The Kier molecular flexibility index (Phi) is 2.89. The number of aromatic nitrogens is 1. The molecule has 0 radical (unpaired) electrons. The number of anilines is 1. The van der Waals surface area contributed by atoms with Gasteiger partial charge in [0.15, 0.2) is 5.58 Å². The van der Waals surface area contributed by atoms with Gasteiger partial charge in [-0.1, -0.05) is 12.1 Å². The zero-order valence-corrected chi connectivity index (χ0v) is 11.2. The number of amides is 1. The molecule has 0 bridgehead atoms. The average molecular weight is 259 g/mol. The molecule has 1 atom stereocenters. The Balaban J connectivity index is 1.79. The van der Waals surface area contributed by atoms with Crippen LogP contribution in [-0.2, 0) is 4.79 Å². The van der Waals surface area contributed by atoms with Crippen molar-refractivity contribution in [2.75, 3.05) is 32.1 Å². The minimum atomic E-state index is 0.0463. The molecule has 1 aliphatic rings. The highest BCUT2D eigenvalue weighted by Crippen LogP contribution is 2.27. The maximum atomic E-state index is 11.9. The molecule has 5 nitrogen and oxygen atoms in total. The van der Waals surface area contributed by atoms with E-state index < -0.39 is 0 Å². The van der Waals surface area contributed by atoms with Gasteiger partial charge in [-0.2, -0.15) is 4.98 Å². The van der Waals surface area contributed by atoms with E-state index in [4.69, 9.17) is 4.42 Å². The van der Waals surface area contributed by atoms with Crippen molar-refractivity contribution >= 4 is 23.0 Å². The minimum Gasteiger partial charge on any atom is -0.423 e. The molecule has 1 aliphatic heterocycles. The Hall–Kier alpha value is -2.04. The van der Waals surface area contributed by atoms with Crippen LogP contribution in [-0.4, -0.2) is 43.0 Å². The highest BCUT2D eigenvalue weighted by Gasteiger charge is 2.31. The minimum absolute atomic E-state index is 0.0463. The van der Waals surface area contributed by atoms with Crippen molar-refractivity contribution in [2.24, 2.45) is 5.92 Å². The molecule has 0 spiro atoms. The number of oxazole rings is 1. The third-order valence-corrected chi connectivity index (χ3v) is 3.53. The second-order valence-electron chi connectivity index (χ2n) is 5.13. The van der Waals surface area contributed by atoms with E-state index in [-0.39, 0.29) is 11.8 Å². The quantitative estimate of drug-likeness (QED) is 0.824. The first-order valence-corrected chi connectivity index (χ1v) is 6.47. The van der Waals surface area contributed by atoms with E-state index in [9.17, 15) is 4.79 Å². The molecule has 1 amide bonds. The number of hydrogen-bond acceptors (Lipinski definition) is 4. The summed E-state index contributed by atoms with van der Waals surface area (Å²) in [7, 11) is 3.59. The van der Waals surface area contributed by atoms with Gasteiger partial charge in [-0.25, -0.2) is 0 Å². The predicted octanol–water partition coefficient (Wildman–Crippen LogP) is 1.74. The number of hydrogen-bond donors (Lipinski definition) is 0. The van der Waals surface area contributed by atoms with Gasteiger partial charge in [0.25, 0.3) is 6.01 Å². The maximum Gasteiger partial charge on any atom is 0.298 e. The summed E-state index contributed by atoms with van der Waals surface area (Å²) in [6.45, 7) is 1.50. The van der Waals surface area contributed by atoms with Crippen LogP contribution in [0.1, 0.15) is 6.42 Å². The van der Waals surface area contributed by atoms with Crippen molar-refractivity contribution in [3.05, 3.63) is 24.3 Å². The summed E-state index contributed by atoms with van der Waals surface area (Å²) < 4.78 is 5.73. The van der Waals surface area contributed by atoms with Crippen molar-refractivity contribution < 1.29 is 9.21 Å². The smallest absolute Gasteiger partial charge is 0.298 e. The fourth-order valence-electron chi connectivity index (χ4n) is 2.50. The molecule has 100 valence electrons. The van der Waals surface area contributed by atoms with E-state index in [1.807, 2.05) is 29.2 Å². The first kappa shape index (κ1) is 12.0. The number of nitrogens with zero attached hydrogens (tertiary/aromatic N) is 3. The molecule has 1 aromatic carbocycles. The van der Waals surface area contributed by atoms with Crippen LogP contribution in [0, 0.1) is 5.92 Å². The molecule has 0 saturated carbocycles. The van der Waals surface area contributed by atoms with Gasteiger partial charge in [0, 0.05) is 27.2 Å². The number of carbonyl (C=O) groups is 1. The van der Waals surface area contributed by atoms with Gasteiger partial charge >= 0.3 is 0 Å². The van der Waals surface area contributed by atoms with Crippen LogP contribution >= 0.6 is 0 Å². The fraction of sp³-hybridized carbons (Fsp3) is 0.429. The lowest BCUT2D eigenvalue weighted by Gasteiger charge is -2.16. The largest absolute Gasteiger partial charge is 0.423 e. The van der Waals surface area contributed by atoms with Crippen molar-refractivity contribution in [1.82, 2.24) is 9.88 Å². The Labute approximate surface area is 111 Å². The normalized spacial score (nSPS) is 19.1. The molecular weight excluding hydrogens is 242 g/mol. The number of rotatable bonds is 2. The molecule has 0 N–H and O–H groups in total.